The van der Waals surface area contributed by atoms with Crippen LogP contribution in [0.15, 0.2) is 18.2 Å². The van der Waals surface area contributed by atoms with Gasteiger partial charge in [0.05, 0.1) is 10.5 Å². The van der Waals surface area contributed by atoms with E-state index in [-0.39, 0.29) is 28.2 Å². The predicted molar refractivity (Wildman–Crippen MR) is 74.6 cm³/mol. The fourth-order valence-electron chi connectivity index (χ4n) is 1.83. The number of nitrogens with zero attached hydrogens (tertiary/aromatic N) is 2. The van der Waals surface area contributed by atoms with Gasteiger partial charge in [0.1, 0.15) is 5.02 Å². The van der Waals surface area contributed by atoms with E-state index in [4.69, 9.17) is 11.6 Å². The average molecular weight is 285 g/mol. The number of hydrogen-bond donors (Lipinski definition) is 0. The Bertz CT molecular complexity index is 491. The van der Waals surface area contributed by atoms with E-state index < -0.39 is 4.92 Å². The third kappa shape index (κ3) is 3.44. The molecule has 1 rings (SSSR count). The van der Waals surface area contributed by atoms with Crippen molar-refractivity contribution in [2.75, 3.05) is 7.05 Å². The van der Waals surface area contributed by atoms with Crippen LogP contribution in [0, 0.1) is 10.1 Å². The van der Waals surface area contributed by atoms with E-state index >= 15 is 0 Å². The van der Waals surface area contributed by atoms with Gasteiger partial charge in [-0.2, -0.15) is 0 Å². The van der Waals surface area contributed by atoms with Crippen LogP contribution in [0.1, 0.15) is 37.0 Å². The van der Waals surface area contributed by atoms with Crippen LogP contribution in [0.25, 0.3) is 0 Å². The number of carbonyl (C=O) groups is 1. The van der Waals surface area contributed by atoms with Gasteiger partial charge in [0, 0.05) is 19.2 Å². The number of benzene rings is 1. The van der Waals surface area contributed by atoms with Crippen LogP contribution in [0.5, 0.6) is 0 Å². The number of halogens is 1. The second kappa shape index (κ2) is 6.52. The highest BCUT2D eigenvalue weighted by molar-refractivity contribution is 6.35. The molecule has 0 saturated carbocycles. The fraction of sp³-hybridized carbons (Fsp3) is 0.462. The Labute approximate surface area is 117 Å². The van der Waals surface area contributed by atoms with Crippen LogP contribution >= 0.6 is 11.6 Å². The SMILES string of the molecule is CCCC(C)N(C)C(=O)c1cccc([N+](=O)[O-])c1Cl. The minimum absolute atomic E-state index is 0.0628. The molecular formula is C13H17ClN2O3. The van der Waals surface area contributed by atoms with Crippen LogP contribution in [-0.4, -0.2) is 28.8 Å². The Morgan fingerprint density at radius 3 is 2.68 bits per heavy atom. The quantitative estimate of drug-likeness (QED) is 0.614. The molecule has 0 aliphatic carbocycles. The molecule has 0 radical (unpaired) electrons. The van der Waals surface area contributed by atoms with Gasteiger partial charge >= 0.3 is 0 Å². The zero-order valence-corrected chi connectivity index (χ0v) is 12.0. The Morgan fingerprint density at radius 1 is 1.53 bits per heavy atom. The smallest absolute Gasteiger partial charge is 0.288 e. The van der Waals surface area contributed by atoms with Crippen molar-refractivity contribution in [1.82, 2.24) is 4.90 Å². The summed E-state index contributed by atoms with van der Waals surface area (Å²) in [6.45, 7) is 3.97. The molecular weight excluding hydrogens is 268 g/mol. The van der Waals surface area contributed by atoms with Crippen LogP contribution in [-0.2, 0) is 0 Å². The van der Waals surface area contributed by atoms with Gasteiger partial charge in [0.25, 0.3) is 11.6 Å². The Balaban J connectivity index is 3.06. The largest absolute Gasteiger partial charge is 0.339 e. The zero-order chi connectivity index (χ0) is 14.6. The first kappa shape index (κ1) is 15.4. The van der Waals surface area contributed by atoms with Crippen molar-refractivity contribution in [2.45, 2.75) is 32.7 Å². The summed E-state index contributed by atoms with van der Waals surface area (Å²) in [5.74, 6) is -0.297. The van der Waals surface area contributed by atoms with E-state index in [1.807, 2.05) is 13.8 Å². The first-order chi connectivity index (χ1) is 8.90. The number of rotatable bonds is 5. The summed E-state index contributed by atoms with van der Waals surface area (Å²) in [5.41, 5.74) is -0.0784. The number of amides is 1. The topological polar surface area (TPSA) is 63.5 Å². The van der Waals surface area contributed by atoms with E-state index in [1.54, 1.807) is 11.9 Å². The summed E-state index contributed by atoms with van der Waals surface area (Å²) in [6, 6.07) is 4.32. The standard InChI is InChI=1S/C13H17ClN2O3/c1-4-6-9(2)15(3)13(17)10-7-5-8-11(12(10)14)16(18)19/h5,7-9H,4,6H2,1-3H3. The Hall–Kier alpha value is -1.62. The third-order valence-electron chi connectivity index (χ3n) is 3.09. The van der Waals surface area contributed by atoms with Crippen molar-refractivity contribution in [3.05, 3.63) is 38.9 Å². The highest BCUT2D eigenvalue weighted by Crippen LogP contribution is 2.28. The molecule has 1 atom stereocenters. The maximum atomic E-state index is 12.3. The third-order valence-corrected chi connectivity index (χ3v) is 3.49. The molecule has 0 aromatic heterocycles. The molecule has 0 N–H and O–H groups in total. The maximum Gasteiger partial charge on any atom is 0.288 e. The van der Waals surface area contributed by atoms with Gasteiger partial charge in [0.2, 0.25) is 0 Å². The lowest BCUT2D eigenvalue weighted by atomic mass is 10.1. The van der Waals surface area contributed by atoms with Gasteiger partial charge in [0.15, 0.2) is 0 Å². The second-order valence-electron chi connectivity index (χ2n) is 4.45. The number of carbonyl (C=O) groups excluding carboxylic acids is 1. The summed E-state index contributed by atoms with van der Waals surface area (Å²) >= 11 is 5.94. The summed E-state index contributed by atoms with van der Waals surface area (Å²) in [4.78, 5) is 24.0. The van der Waals surface area contributed by atoms with Crippen molar-refractivity contribution >= 4 is 23.2 Å². The zero-order valence-electron chi connectivity index (χ0n) is 11.2. The normalized spacial score (nSPS) is 12.0. The molecule has 5 nitrogen and oxygen atoms in total. The lowest BCUT2D eigenvalue weighted by Crippen LogP contribution is -2.35. The second-order valence-corrected chi connectivity index (χ2v) is 4.83. The summed E-state index contributed by atoms with van der Waals surface area (Å²) in [5, 5.41) is 10.7. The summed E-state index contributed by atoms with van der Waals surface area (Å²) < 4.78 is 0. The van der Waals surface area contributed by atoms with Crippen molar-refractivity contribution in [2.24, 2.45) is 0 Å². The number of hydrogen-bond acceptors (Lipinski definition) is 3. The fourth-order valence-corrected chi connectivity index (χ4v) is 2.10. The van der Waals surface area contributed by atoms with Crippen molar-refractivity contribution in [3.8, 4) is 0 Å². The molecule has 0 fully saturated rings. The van der Waals surface area contributed by atoms with E-state index in [0.717, 1.165) is 12.8 Å². The van der Waals surface area contributed by atoms with E-state index in [1.165, 1.54) is 18.2 Å². The molecule has 1 aromatic carbocycles. The first-order valence-electron chi connectivity index (χ1n) is 6.10. The van der Waals surface area contributed by atoms with Crippen molar-refractivity contribution in [3.63, 3.8) is 0 Å². The minimum Gasteiger partial charge on any atom is -0.339 e. The molecule has 6 heteroatoms. The highest BCUT2D eigenvalue weighted by Gasteiger charge is 2.24. The van der Waals surface area contributed by atoms with Crippen molar-refractivity contribution < 1.29 is 9.72 Å². The van der Waals surface area contributed by atoms with Gasteiger partial charge in [-0.25, -0.2) is 0 Å². The van der Waals surface area contributed by atoms with Gasteiger partial charge in [-0.1, -0.05) is 31.0 Å². The molecule has 0 bridgehead atoms. The van der Waals surface area contributed by atoms with E-state index in [0.29, 0.717) is 0 Å². The van der Waals surface area contributed by atoms with Crippen LogP contribution in [0.4, 0.5) is 5.69 Å². The Morgan fingerprint density at radius 2 is 2.16 bits per heavy atom. The molecule has 19 heavy (non-hydrogen) atoms. The van der Waals surface area contributed by atoms with Crippen LogP contribution in [0.2, 0.25) is 5.02 Å². The summed E-state index contributed by atoms with van der Waals surface area (Å²) in [7, 11) is 1.68. The van der Waals surface area contributed by atoms with Crippen LogP contribution < -0.4 is 0 Å². The van der Waals surface area contributed by atoms with E-state index in [2.05, 4.69) is 0 Å². The van der Waals surface area contributed by atoms with Gasteiger partial charge in [-0.3, -0.25) is 14.9 Å². The predicted octanol–water partition coefficient (Wildman–Crippen LogP) is 3.51. The molecule has 104 valence electrons. The lowest BCUT2D eigenvalue weighted by Gasteiger charge is -2.25. The first-order valence-corrected chi connectivity index (χ1v) is 6.48. The lowest BCUT2D eigenvalue weighted by molar-refractivity contribution is -0.384. The number of nitro groups is 1. The van der Waals surface area contributed by atoms with E-state index in [9.17, 15) is 14.9 Å². The van der Waals surface area contributed by atoms with Gasteiger partial charge in [-0.15, -0.1) is 0 Å². The monoisotopic (exact) mass is 284 g/mol. The molecule has 0 heterocycles. The maximum absolute atomic E-state index is 12.3. The molecule has 0 aliphatic heterocycles. The molecule has 0 spiro atoms. The Kier molecular flexibility index (Phi) is 5.30. The molecule has 1 amide bonds. The minimum atomic E-state index is -0.589. The molecule has 1 aromatic rings. The molecule has 1 unspecified atom stereocenters. The molecule has 0 aliphatic rings. The highest BCUT2D eigenvalue weighted by atomic mass is 35.5. The average Bonchev–Trinajstić information content (AvgIpc) is 2.37. The molecule has 0 saturated heterocycles. The number of nitro benzene ring substituents is 1. The van der Waals surface area contributed by atoms with Gasteiger partial charge < -0.3 is 4.90 Å². The summed E-state index contributed by atoms with van der Waals surface area (Å²) in [6.07, 6.45) is 1.83. The van der Waals surface area contributed by atoms with Crippen molar-refractivity contribution in [1.29, 1.82) is 0 Å². The van der Waals surface area contributed by atoms with Gasteiger partial charge in [-0.05, 0) is 19.4 Å². The van der Waals surface area contributed by atoms with Crippen LogP contribution in [0.3, 0.4) is 0 Å².